The summed E-state index contributed by atoms with van der Waals surface area (Å²) in [4.78, 5) is 4.34. The predicted molar refractivity (Wildman–Crippen MR) is 72.3 cm³/mol. The van der Waals surface area contributed by atoms with Crippen LogP contribution in [0.4, 0.5) is 5.69 Å². The van der Waals surface area contributed by atoms with Crippen LogP contribution in [0.15, 0.2) is 22.7 Å². The van der Waals surface area contributed by atoms with Crippen LogP contribution in [0.5, 0.6) is 0 Å². The summed E-state index contributed by atoms with van der Waals surface area (Å²) in [5.41, 5.74) is 7.06. The fourth-order valence-electron chi connectivity index (χ4n) is 1.63. The molecule has 4 nitrogen and oxygen atoms in total. The van der Waals surface area contributed by atoms with E-state index in [0.29, 0.717) is 22.5 Å². The molecule has 2 rings (SSSR count). The molecule has 0 aliphatic rings. The zero-order valence-electron chi connectivity index (χ0n) is 10.5. The molecule has 1 aromatic carbocycles. The zero-order chi connectivity index (χ0) is 13.1. The number of benzene rings is 1. The zero-order valence-corrected chi connectivity index (χ0v) is 11.2. The number of aromatic nitrogens is 2. The lowest BCUT2D eigenvalue weighted by atomic mass is 10.1. The standard InChI is InChI=1S/C13H16ClN3O/c1-8(2)3-4-12-16-13(18-17-12)9-5-10(14)7-11(15)6-9/h5-8H,3-4,15H2,1-2H3. The molecule has 0 atom stereocenters. The van der Waals surface area contributed by atoms with Gasteiger partial charge in [-0.2, -0.15) is 4.98 Å². The highest BCUT2D eigenvalue weighted by atomic mass is 35.5. The summed E-state index contributed by atoms with van der Waals surface area (Å²) < 4.78 is 5.22. The monoisotopic (exact) mass is 265 g/mol. The minimum absolute atomic E-state index is 0.461. The minimum atomic E-state index is 0.461. The lowest BCUT2D eigenvalue weighted by Gasteiger charge is -1.99. The van der Waals surface area contributed by atoms with Gasteiger partial charge in [0.05, 0.1) is 0 Å². The largest absolute Gasteiger partial charge is 0.399 e. The number of rotatable bonds is 4. The number of nitrogen functional groups attached to an aromatic ring is 1. The Morgan fingerprint density at radius 2 is 2.11 bits per heavy atom. The molecule has 0 bridgehead atoms. The molecule has 0 spiro atoms. The Bertz CT molecular complexity index is 517. The van der Waals surface area contributed by atoms with E-state index in [4.69, 9.17) is 21.9 Å². The average Bonchev–Trinajstić information content (AvgIpc) is 2.73. The van der Waals surface area contributed by atoms with Crippen molar-refractivity contribution in [2.45, 2.75) is 26.7 Å². The Kier molecular flexibility index (Phi) is 3.87. The van der Waals surface area contributed by atoms with Gasteiger partial charge in [0, 0.05) is 22.7 Å². The summed E-state index contributed by atoms with van der Waals surface area (Å²) in [5, 5.41) is 4.52. The highest BCUT2D eigenvalue weighted by Gasteiger charge is 2.10. The number of halogens is 1. The molecule has 0 amide bonds. The van der Waals surface area contributed by atoms with E-state index < -0.39 is 0 Å². The number of hydrogen-bond acceptors (Lipinski definition) is 4. The van der Waals surface area contributed by atoms with Crippen molar-refractivity contribution in [2.24, 2.45) is 5.92 Å². The summed E-state index contributed by atoms with van der Waals surface area (Å²) in [6, 6.07) is 5.21. The van der Waals surface area contributed by atoms with Gasteiger partial charge in [-0.3, -0.25) is 0 Å². The van der Waals surface area contributed by atoms with E-state index in [1.54, 1.807) is 18.2 Å². The number of nitrogens with two attached hydrogens (primary N) is 1. The first-order chi connectivity index (χ1) is 8.54. The summed E-state index contributed by atoms with van der Waals surface area (Å²) in [5.74, 6) is 1.80. The maximum Gasteiger partial charge on any atom is 0.258 e. The molecule has 1 heterocycles. The Labute approximate surface area is 111 Å². The quantitative estimate of drug-likeness (QED) is 0.859. The van der Waals surface area contributed by atoms with E-state index in [0.717, 1.165) is 24.2 Å². The van der Waals surface area contributed by atoms with Crippen molar-refractivity contribution in [1.82, 2.24) is 10.1 Å². The second kappa shape index (κ2) is 5.40. The Morgan fingerprint density at radius 1 is 1.33 bits per heavy atom. The van der Waals surface area contributed by atoms with E-state index in [-0.39, 0.29) is 0 Å². The molecule has 18 heavy (non-hydrogen) atoms. The molecule has 0 saturated carbocycles. The third kappa shape index (κ3) is 3.23. The molecule has 2 N–H and O–H groups in total. The number of aryl methyl sites for hydroxylation is 1. The van der Waals surface area contributed by atoms with Crippen LogP contribution < -0.4 is 5.73 Å². The fourth-order valence-corrected chi connectivity index (χ4v) is 1.87. The average molecular weight is 266 g/mol. The van der Waals surface area contributed by atoms with E-state index in [1.165, 1.54) is 0 Å². The van der Waals surface area contributed by atoms with Crippen molar-refractivity contribution in [3.05, 3.63) is 29.0 Å². The van der Waals surface area contributed by atoms with Gasteiger partial charge in [0.2, 0.25) is 0 Å². The van der Waals surface area contributed by atoms with Gasteiger partial charge < -0.3 is 10.3 Å². The summed E-state index contributed by atoms with van der Waals surface area (Å²) in [6.07, 6.45) is 1.86. The molecule has 0 aliphatic carbocycles. The van der Waals surface area contributed by atoms with Gasteiger partial charge in [0.1, 0.15) is 0 Å². The normalized spacial score (nSPS) is 11.1. The fraction of sp³-hybridized carbons (Fsp3) is 0.385. The van der Waals surface area contributed by atoms with E-state index >= 15 is 0 Å². The van der Waals surface area contributed by atoms with Gasteiger partial charge >= 0.3 is 0 Å². The van der Waals surface area contributed by atoms with Crippen LogP contribution in [0.2, 0.25) is 5.02 Å². The molecule has 5 heteroatoms. The number of anilines is 1. The topological polar surface area (TPSA) is 64.9 Å². The van der Waals surface area contributed by atoms with Crippen molar-refractivity contribution in [3.8, 4) is 11.5 Å². The first-order valence-electron chi connectivity index (χ1n) is 5.93. The summed E-state index contributed by atoms with van der Waals surface area (Å²) in [7, 11) is 0. The maximum atomic E-state index is 5.94. The molecule has 0 aliphatic heterocycles. The molecular formula is C13H16ClN3O. The van der Waals surface area contributed by atoms with Crippen LogP contribution in [-0.4, -0.2) is 10.1 Å². The minimum Gasteiger partial charge on any atom is -0.399 e. The maximum absolute atomic E-state index is 5.94. The van der Waals surface area contributed by atoms with Crippen LogP contribution in [-0.2, 0) is 6.42 Å². The Morgan fingerprint density at radius 3 is 2.78 bits per heavy atom. The van der Waals surface area contributed by atoms with Crippen LogP contribution in [0, 0.1) is 5.92 Å². The Hall–Kier alpha value is -1.55. The predicted octanol–water partition coefficient (Wildman–Crippen LogP) is 3.56. The third-order valence-electron chi connectivity index (χ3n) is 2.58. The van der Waals surface area contributed by atoms with E-state index in [1.807, 2.05) is 0 Å². The smallest absolute Gasteiger partial charge is 0.258 e. The van der Waals surface area contributed by atoms with Crippen LogP contribution in [0.3, 0.4) is 0 Å². The Balaban J connectivity index is 2.18. The van der Waals surface area contributed by atoms with Gasteiger partial charge in [-0.1, -0.05) is 30.6 Å². The molecule has 0 radical (unpaired) electrons. The van der Waals surface area contributed by atoms with Crippen molar-refractivity contribution in [1.29, 1.82) is 0 Å². The lowest BCUT2D eigenvalue weighted by Crippen LogP contribution is -1.94. The number of nitrogens with zero attached hydrogens (tertiary/aromatic N) is 2. The highest BCUT2D eigenvalue weighted by Crippen LogP contribution is 2.24. The molecule has 0 unspecified atom stereocenters. The molecule has 0 saturated heterocycles. The molecule has 2 aromatic rings. The first-order valence-corrected chi connectivity index (χ1v) is 6.31. The highest BCUT2D eigenvalue weighted by molar-refractivity contribution is 6.31. The molecule has 0 fully saturated rings. The number of hydrogen-bond donors (Lipinski definition) is 1. The second-order valence-corrected chi connectivity index (χ2v) is 5.16. The van der Waals surface area contributed by atoms with Crippen molar-refractivity contribution < 1.29 is 4.52 Å². The van der Waals surface area contributed by atoms with Crippen LogP contribution >= 0.6 is 11.6 Å². The van der Waals surface area contributed by atoms with Gasteiger partial charge in [0.15, 0.2) is 5.82 Å². The second-order valence-electron chi connectivity index (χ2n) is 4.72. The van der Waals surface area contributed by atoms with Crippen molar-refractivity contribution in [2.75, 3.05) is 5.73 Å². The molecule has 96 valence electrons. The lowest BCUT2D eigenvalue weighted by molar-refractivity contribution is 0.419. The van der Waals surface area contributed by atoms with Crippen LogP contribution in [0.1, 0.15) is 26.1 Å². The molecule has 1 aromatic heterocycles. The van der Waals surface area contributed by atoms with Gasteiger partial charge in [-0.15, -0.1) is 0 Å². The van der Waals surface area contributed by atoms with Crippen LogP contribution in [0.25, 0.3) is 11.5 Å². The SMILES string of the molecule is CC(C)CCc1noc(-c2cc(N)cc(Cl)c2)n1. The third-order valence-corrected chi connectivity index (χ3v) is 2.80. The van der Waals surface area contributed by atoms with E-state index in [2.05, 4.69) is 24.0 Å². The summed E-state index contributed by atoms with van der Waals surface area (Å²) in [6.45, 7) is 4.33. The summed E-state index contributed by atoms with van der Waals surface area (Å²) >= 11 is 5.94. The van der Waals surface area contributed by atoms with Gasteiger partial charge in [-0.05, 0) is 30.5 Å². The van der Waals surface area contributed by atoms with Crippen molar-refractivity contribution >= 4 is 17.3 Å². The first kappa shape index (κ1) is 12.9. The van der Waals surface area contributed by atoms with Crippen molar-refractivity contribution in [3.63, 3.8) is 0 Å². The van der Waals surface area contributed by atoms with Gasteiger partial charge in [0.25, 0.3) is 5.89 Å². The van der Waals surface area contributed by atoms with Gasteiger partial charge in [-0.25, -0.2) is 0 Å². The molecular weight excluding hydrogens is 250 g/mol. The van der Waals surface area contributed by atoms with E-state index in [9.17, 15) is 0 Å².